The Labute approximate surface area is 156 Å². The first-order valence-electron chi connectivity index (χ1n) is 9.32. The maximum atomic E-state index is 12.6. The molecule has 1 amide bonds. The Bertz CT molecular complexity index is 702. The number of ether oxygens (including phenoxy) is 1. The second-order valence-electron chi connectivity index (χ2n) is 8.87. The number of hydrogen-bond acceptors (Lipinski definition) is 3. The van der Waals surface area contributed by atoms with Gasteiger partial charge in [0.1, 0.15) is 11.6 Å². The fraction of sp³-hybridized carbons (Fsp3) is 0.619. The molecular formula is C21H29N3O2. The Hall–Kier alpha value is -2.06. The summed E-state index contributed by atoms with van der Waals surface area (Å²) in [7, 11) is 0. The lowest BCUT2D eigenvalue weighted by Gasteiger charge is -2.48. The molecule has 26 heavy (non-hydrogen) atoms. The van der Waals surface area contributed by atoms with Gasteiger partial charge in [-0.2, -0.15) is 0 Å². The molecule has 2 heterocycles. The van der Waals surface area contributed by atoms with Crippen molar-refractivity contribution in [3.05, 3.63) is 47.3 Å². The fourth-order valence-electron chi connectivity index (χ4n) is 4.41. The Kier molecular flexibility index (Phi) is 4.74. The molecule has 2 fully saturated rings. The molecule has 0 aromatic heterocycles. The summed E-state index contributed by atoms with van der Waals surface area (Å²) in [5, 5.41) is 0. The van der Waals surface area contributed by atoms with Gasteiger partial charge in [-0.1, -0.05) is 30.3 Å². The van der Waals surface area contributed by atoms with E-state index in [-0.39, 0.29) is 29.8 Å². The lowest BCUT2D eigenvalue weighted by Crippen LogP contribution is -2.61. The number of benzene rings is 1. The monoisotopic (exact) mass is 355 g/mol. The largest absolute Gasteiger partial charge is 0.444 e. The molecule has 5 nitrogen and oxygen atoms in total. The lowest BCUT2D eigenvalue weighted by molar-refractivity contribution is -0.0278. The minimum atomic E-state index is -0.504. The van der Waals surface area contributed by atoms with Crippen LogP contribution in [-0.4, -0.2) is 52.7 Å². The van der Waals surface area contributed by atoms with E-state index in [0.717, 1.165) is 6.42 Å². The summed E-state index contributed by atoms with van der Waals surface area (Å²) >= 11 is 0. The van der Waals surface area contributed by atoms with Crippen LogP contribution in [0.4, 0.5) is 4.79 Å². The number of likely N-dealkylation sites (tertiary alicyclic amines) is 1. The SMILES string of the molecule is [C-]#[N+]C1CC2CN(C(=O)OC(C)(C)C)CC1N2C(C)(C)c1ccccc1. The van der Waals surface area contributed by atoms with Gasteiger partial charge in [-0.15, -0.1) is 0 Å². The van der Waals surface area contributed by atoms with Crippen LogP contribution in [0.25, 0.3) is 4.85 Å². The van der Waals surface area contributed by atoms with Crippen molar-refractivity contribution in [2.75, 3.05) is 13.1 Å². The van der Waals surface area contributed by atoms with Crippen LogP contribution in [-0.2, 0) is 10.3 Å². The molecule has 3 rings (SSSR count). The van der Waals surface area contributed by atoms with Gasteiger partial charge in [-0.25, -0.2) is 11.4 Å². The van der Waals surface area contributed by atoms with Crippen LogP contribution in [0.5, 0.6) is 0 Å². The average Bonchev–Trinajstić information content (AvgIpc) is 2.81. The molecule has 0 aliphatic carbocycles. The Morgan fingerprint density at radius 2 is 1.81 bits per heavy atom. The third kappa shape index (κ3) is 3.43. The van der Waals surface area contributed by atoms with Gasteiger partial charge < -0.3 is 14.5 Å². The summed E-state index contributed by atoms with van der Waals surface area (Å²) < 4.78 is 5.57. The van der Waals surface area contributed by atoms with Gasteiger partial charge in [0.15, 0.2) is 0 Å². The van der Waals surface area contributed by atoms with E-state index in [1.165, 1.54) is 5.56 Å². The molecule has 1 aromatic carbocycles. The zero-order chi connectivity index (χ0) is 19.1. The van der Waals surface area contributed by atoms with E-state index >= 15 is 0 Å². The first kappa shape index (κ1) is 18.7. The van der Waals surface area contributed by atoms with Gasteiger partial charge in [0.25, 0.3) is 0 Å². The average molecular weight is 355 g/mol. The van der Waals surface area contributed by atoms with Crippen LogP contribution in [0.15, 0.2) is 30.3 Å². The topological polar surface area (TPSA) is 37.1 Å². The van der Waals surface area contributed by atoms with Crippen molar-refractivity contribution in [3.63, 3.8) is 0 Å². The molecule has 2 bridgehead atoms. The normalized spacial score (nSPS) is 26.5. The third-order valence-corrected chi connectivity index (χ3v) is 5.49. The van der Waals surface area contributed by atoms with Crippen molar-refractivity contribution in [3.8, 4) is 0 Å². The standard InChI is InChI=1S/C21H29N3O2/c1-20(2,3)26-19(25)23-13-16-12-17(22-6)18(14-23)24(16)21(4,5)15-10-8-7-9-11-15/h7-11,16-18H,12-14H2,1-5H3. The molecule has 3 unspecified atom stereocenters. The number of carbonyl (C=O) groups is 1. The number of amides is 1. The van der Waals surface area contributed by atoms with Gasteiger partial charge in [0.05, 0.1) is 0 Å². The molecule has 1 aromatic rings. The Balaban J connectivity index is 1.85. The second kappa shape index (κ2) is 6.59. The molecule has 2 saturated heterocycles. The Morgan fingerprint density at radius 3 is 2.38 bits per heavy atom. The molecule has 2 aliphatic rings. The number of fused-ring (bicyclic) bond motifs is 2. The molecule has 2 aliphatic heterocycles. The van der Waals surface area contributed by atoms with Crippen LogP contribution >= 0.6 is 0 Å². The summed E-state index contributed by atoms with van der Waals surface area (Å²) in [6.45, 7) is 18.9. The van der Waals surface area contributed by atoms with Crippen molar-refractivity contribution in [1.82, 2.24) is 9.80 Å². The second-order valence-corrected chi connectivity index (χ2v) is 8.87. The van der Waals surface area contributed by atoms with E-state index in [4.69, 9.17) is 11.3 Å². The molecule has 0 N–H and O–H groups in total. The van der Waals surface area contributed by atoms with Crippen molar-refractivity contribution >= 4 is 6.09 Å². The van der Waals surface area contributed by atoms with Gasteiger partial charge in [0.2, 0.25) is 6.04 Å². The van der Waals surface area contributed by atoms with Gasteiger partial charge in [0, 0.05) is 31.1 Å². The van der Waals surface area contributed by atoms with Crippen LogP contribution in [0.3, 0.4) is 0 Å². The van der Waals surface area contributed by atoms with Crippen molar-refractivity contribution in [2.24, 2.45) is 0 Å². The zero-order valence-corrected chi connectivity index (χ0v) is 16.4. The fourth-order valence-corrected chi connectivity index (χ4v) is 4.41. The minimum absolute atomic E-state index is 0.0361. The highest BCUT2D eigenvalue weighted by atomic mass is 16.6. The maximum Gasteiger partial charge on any atom is 0.410 e. The molecule has 0 spiro atoms. The smallest absolute Gasteiger partial charge is 0.410 e. The number of rotatable bonds is 2. The van der Waals surface area contributed by atoms with Crippen LogP contribution in [0, 0.1) is 6.57 Å². The van der Waals surface area contributed by atoms with Crippen LogP contribution < -0.4 is 0 Å². The lowest BCUT2D eigenvalue weighted by atomic mass is 9.89. The van der Waals surface area contributed by atoms with Crippen LogP contribution in [0.2, 0.25) is 0 Å². The summed E-state index contributed by atoms with van der Waals surface area (Å²) in [5.41, 5.74) is 0.553. The van der Waals surface area contributed by atoms with E-state index < -0.39 is 5.60 Å². The van der Waals surface area contributed by atoms with E-state index in [1.807, 2.05) is 26.8 Å². The minimum Gasteiger partial charge on any atom is -0.444 e. The molecule has 3 atom stereocenters. The summed E-state index contributed by atoms with van der Waals surface area (Å²) in [5.74, 6) is 0. The maximum absolute atomic E-state index is 12.6. The summed E-state index contributed by atoms with van der Waals surface area (Å²) in [6.07, 6.45) is 0.541. The predicted octanol–water partition coefficient (Wildman–Crippen LogP) is 3.90. The van der Waals surface area contributed by atoms with Crippen molar-refractivity contribution in [2.45, 2.75) is 70.3 Å². The quantitative estimate of drug-likeness (QED) is 0.755. The number of hydrogen-bond donors (Lipinski definition) is 0. The molecule has 0 radical (unpaired) electrons. The first-order chi connectivity index (χ1) is 12.1. The summed E-state index contributed by atoms with van der Waals surface area (Å²) in [4.78, 5) is 20.7. The molecule has 0 saturated carbocycles. The van der Waals surface area contributed by atoms with E-state index in [0.29, 0.717) is 13.1 Å². The first-order valence-corrected chi connectivity index (χ1v) is 9.32. The number of piperazine rings is 1. The highest BCUT2D eigenvalue weighted by Gasteiger charge is 2.56. The number of nitrogens with zero attached hydrogens (tertiary/aromatic N) is 3. The van der Waals surface area contributed by atoms with Gasteiger partial charge in [-0.05, 0) is 40.2 Å². The molecule has 140 valence electrons. The Morgan fingerprint density at radius 1 is 1.15 bits per heavy atom. The predicted molar refractivity (Wildman–Crippen MR) is 102 cm³/mol. The van der Waals surface area contributed by atoms with Gasteiger partial charge in [-0.3, -0.25) is 4.90 Å². The van der Waals surface area contributed by atoms with Crippen LogP contribution in [0.1, 0.15) is 46.6 Å². The number of carbonyl (C=O) groups excluding carboxylic acids is 1. The molecular weight excluding hydrogens is 326 g/mol. The van der Waals surface area contributed by atoms with E-state index in [1.54, 1.807) is 4.90 Å². The van der Waals surface area contributed by atoms with E-state index in [2.05, 4.69) is 47.9 Å². The highest BCUT2D eigenvalue weighted by molar-refractivity contribution is 5.68. The third-order valence-electron chi connectivity index (χ3n) is 5.49. The highest BCUT2D eigenvalue weighted by Crippen LogP contribution is 2.42. The van der Waals surface area contributed by atoms with E-state index in [9.17, 15) is 4.79 Å². The van der Waals surface area contributed by atoms with Crippen molar-refractivity contribution < 1.29 is 9.53 Å². The molecule has 5 heteroatoms. The summed E-state index contributed by atoms with van der Waals surface area (Å²) in [6, 6.07) is 10.6. The zero-order valence-electron chi connectivity index (χ0n) is 16.4. The van der Waals surface area contributed by atoms with Crippen molar-refractivity contribution in [1.29, 1.82) is 0 Å². The van der Waals surface area contributed by atoms with Gasteiger partial charge >= 0.3 is 6.09 Å².